The Morgan fingerprint density at radius 1 is 1.67 bits per heavy atom. The summed E-state index contributed by atoms with van der Waals surface area (Å²) >= 11 is 0. The Labute approximate surface area is 87.3 Å². The van der Waals surface area contributed by atoms with Crippen LogP contribution in [0.1, 0.15) is 10.5 Å². The third-order valence-electron chi connectivity index (χ3n) is 2.46. The lowest BCUT2D eigenvalue weighted by atomic mass is 10.1. The molecule has 1 aliphatic rings. The molecule has 2 heterocycles. The maximum absolute atomic E-state index is 11.8. The van der Waals surface area contributed by atoms with Crippen LogP contribution < -0.4 is 0 Å². The van der Waals surface area contributed by atoms with Crippen molar-refractivity contribution >= 4 is 5.91 Å². The van der Waals surface area contributed by atoms with Crippen LogP contribution in [0.2, 0.25) is 0 Å². The summed E-state index contributed by atoms with van der Waals surface area (Å²) in [4.78, 5) is 17.2. The molecule has 0 atom stereocenters. The highest BCUT2D eigenvalue weighted by molar-refractivity contribution is 5.95. The van der Waals surface area contributed by atoms with Crippen molar-refractivity contribution in [2.45, 2.75) is 6.10 Å². The van der Waals surface area contributed by atoms with Crippen LogP contribution in [0.4, 0.5) is 0 Å². The fourth-order valence-corrected chi connectivity index (χ4v) is 1.46. The Kier molecular flexibility index (Phi) is 2.55. The van der Waals surface area contributed by atoms with Crippen molar-refractivity contribution in [2.24, 2.45) is 0 Å². The smallest absolute Gasteiger partial charge is 0.276 e. The molecule has 1 aliphatic heterocycles. The summed E-state index contributed by atoms with van der Waals surface area (Å²) in [5.41, 5.74) is 0.104. The van der Waals surface area contributed by atoms with E-state index in [-0.39, 0.29) is 23.5 Å². The number of hydrogen-bond donors (Lipinski definition) is 1. The average Bonchev–Trinajstić information content (AvgIpc) is 2.16. The van der Waals surface area contributed by atoms with Gasteiger partial charge in [-0.3, -0.25) is 4.79 Å². The number of amides is 1. The molecule has 1 aromatic rings. The van der Waals surface area contributed by atoms with Crippen LogP contribution in [0, 0.1) is 0 Å². The molecule has 5 nitrogen and oxygen atoms in total. The predicted molar refractivity (Wildman–Crippen MR) is 52.6 cm³/mol. The number of aromatic nitrogens is 1. The van der Waals surface area contributed by atoms with Crippen molar-refractivity contribution < 1.29 is 14.6 Å². The van der Waals surface area contributed by atoms with Crippen molar-refractivity contribution in [3.8, 4) is 5.75 Å². The normalized spacial score (nSPS) is 16.2. The lowest BCUT2D eigenvalue weighted by molar-refractivity contribution is -0.0196. The van der Waals surface area contributed by atoms with Gasteiger partial charge in [0.2, 0.25) is 0 Å². The first-order valence-electron chi connectivity index (χ1n) is 4.68. The van der Waals surface area contributed by atoms with E-state index in [2.05, 4.69) is 4.98 Å². The van der Waals surface area contributed by atoms with Crippen LogP contribution in [-0.4, -0.2) is 47.2 Å². The highest BCUT2D eigenvalue weighted by atomic mass is 16.5. The van der Waals surface area contributed by atoms with Gasteiger partial charge in [0.1, 0.15) is 5.75 Å². The summed E-state index contributed by atoms with van der Waals surface area (Å²) in [5.74, 6) is -0.329. The van der Waals surface area contributed by atoms with Crippen LogP contribution in [0.5, 0.6) is 5.75 Å². The third-order valence-corrected chi connectivity index (χ3v) is 2.46. The maximum atomic E-state index is 11.8. The van der Waals surface area contributed by atoms with Crippen molar-refractivity contribution in [3.63, 3.8) is 0 Å². The monoisotopic (exact) mass is 208 g/mol. The summed E-state index contributed by atoms with van der Waals surface area (Å²) in [6.07, 6.45) is 1.60. The molecule has 0 saturated carbocycles. The lowest BCUT2D eigenvalue weighted by Gasteiger charge is -2.37. The summed E-state index contributed by atoms with van der Waals surface area (Å²) in [6.45, 7) is 1.12. The molecule has 2 rings (SSSR count). The van der Waals surface area contributed by atoms with E-state index >= 15 is 0 Å². The lowest BCUT2D eigenvalue weighted by Crippen LogP contribution is -2.54. The van der Waals surface area contributed by atoms with E-state index in [9.17, 15) is 9.90 Å². The zero-order valence-electron chi connectivity index (χ0n) is 8.38. The number of rotatable bonds is 2. The number of carbonyl (C=O) groups excluding carboxylic acids is 1. The molecule has 80 valence electrons. The molecular formula is C10H12N2O3. The quantitative estimate of drug-likeness (QED) is 0.757. The summed E-state index contributed by atoms with van der Waals surface area (Å²) in [5, 5.41) is 9.43. The number of likely N-dealkylation sites (tertiary alicyclic amines) is 1. The molecule has 1 aromatic heterocycles. The van der Waals surface area contributed by atoms with Crippen LogP contribution in [0.15, 0.2) is 18.3 Å². The highest BCUT2D eigenvalue weighted by Gasteiger charge is 2.32. The number of carbonyl (C=O) groups is 1. The molecule has 0 bridgehead atoms. The second-order valence-corrected chi connectivity index (χ2v) is 3.44. The Morgan fingerprint density at radius 3 is 3.00 bits per heavy atom. The van der Waals surface area contributed by atoms with Gasteiger partial charge in [0, 0.05) is 26.4 Å². The molecule has 0 aromatic carbocycles. The van der Waals surface area contributed by atoms with Crippen LogP contribution in [-0.2, 0) is 4.74 Å². The first-order valence-corrected chi connectivity index (χ1v) is 4.68. The summed E-state index contributed by atoms with van der Waals surface area (Å²) in [7, 11) is 1.62. The molecule has 0 spiro atoms. The Hall–Kier alpha value is -1.62. The average molecular weight is 208 g/mol. The Morgan fingerprint density at radius 2 is 2.40 bits per heavy atom. The number of aromatic hydroxyl groups is 1. The zero-order valence-corrected chi connectivity index (χ0v) is 8.38. The van der Waals surface area contributed by atoms with E-state index in [1.807, 2.05) is 0 Å². The van der Waals surface area contributed by atoms with Gasteiger partial charge in [-0.05, 0) is 12.1 Å². The van der Waals surface area contributed by atoms with Gasteiger partial charge in [-0.25, -0.2) is 4.98 Å². The van der Waals surface area contributed by atoms with Gasteiger partial charge in [-0.2, -0.15) is 0 Å². The SMILES string of the molecule is COC1CN(C(=O)c2ncccc2O)C1. The molecule has 1 fully saturated rings. The topological polar surface area (TPSA) is 62.7 Å². The minimum atomic E-state index is -0.249. The first-order chi connectivity index (χ1) is 7.22. The van der Waals surface area contributed by atoms with Crippen LogP contribution >= 0.6 is 0 Å². The highest BCUT2D eigenvalue weighted by Crippen LogP contribution is 2.19. The van der Waals surface area contributed by atoms with Crippen molar-refractivity contribution in [1.29, 1.82) is 0 Å². The second-order valence-electron chi connectivity index (χ2n) is 3.44. The molecule has 0 radical (unpaired) electrons. The van der Waals surface area contributed by atoms with E-state index in [1.54, 1.807) is 18.1 Å². The van der Waals surface area contributed by atoms with Gasteiger partial charge in [-0.15, -0.1) is 0 Å². The maximum Gasteiger partial charge on any atom is 0.276 e. The van der Waals surface area contributed by atoms with Crippen LogP contribution in [0.3, 0.4) is 0 Å². The van der Waals surface area contributed by atoms with Gasteiger partial charge >= 0.3 is 0 Å². The third kappa shape index (κ3) is 1.78. The fourth-order valence-electron chi connectivity index (χ4n) is 1.46. The molecule has 1 amide bonds. The van der Waals surface area contributed by atoms with E-state index in [4.69, 9.17) is 4.74 Å². The number of pyridine rings is 1. The first kappa shape index (κ1) is 9.92. The number of methoxy groups -OCH3 is 1. The van der Waals surface area contributed by atoms with Gasteiger partial charge in [0.05, 0.1) is 6.10 Å². The van der Waals surface area contributed by atoms with Crippen molar-refractivity contribution in [3.05, 3.63) is 24.0 Å². The number of nitrogens with zero attached hydrogens (tertiary/aromatic N) is 2. The molecule has 1 saturated heterocycles. The minimum Gasteiger partial charge on any atom is -0.505 e. The molecule has 0 aliphatic carbocycles. The van der Waals surface area contributed by atoms with Gasteiger partial charge in [0.15, 0.2) is 5.69 Å². The number of hydrogen-bond acceptors (Lipinski definition) is 4. The standard InChI is InChI=1S/C10H12N2O3/c1-15-7-5-12(6-7)10(14)9-8(13)3-2-4-11-9/h2-4,7,13H,5-6H2,1H3. The number of ether oxygens (including phenoxy) is 1. The summed E-state index contributed by atoms with van der Waals surface area (Å²) < 4.78 is 5.06. The van der Waals surface area contributed by atoms with E-state index in [0.29, 0.717) is 13.1 Å². The summed E-state index contributed by atoms with van der Waals surface area (Å²) in [6, 6.07) is 3.04. The Balaban J connectivity index is 2.07. The molecule has 0 unspecified atom stereocenters. The second kappa shape index (κ2) is 3.86. The van der Waals surface area contributed by atoms with Crippen molar-refractivity contribution in [2.75, 3.05) is 20.2 Å². The van der Waals surface area contributed by atoms with E-state index in [1.165, 1.54) is 12.3 Å². The Bertz CT molecular complexity index is 375. The minimum absolute atomic E-state index is 0.0802. The molecule has 1 N–H and O–H groups in total. The predicted octanol–water partition coefficient (Wildman–Crippen LogP) is 0.258. The fraction of sp³-hybridized carbons (Fsp3) is 0.400. The largest absolute Gasteiger partial charge is 0.505 e. The van der Waals surface area contributed by atoms with Crippen molar-refractivity contribution in [1.82, 2.24) is 9.88 Å². The van der Waals surface area contributed by atoms with Gasteiger partial charge in [0.25, 0.3) is 5.91 Å². The van der Waals surface area contributed by atoms with Gasteiger partial charge in [-0.1, -0.05) is 0 Å². The zero-order chi connectivity index (χ0) is 10.8. The molecular weight excluding hydrogens is 196 g/mol. The van der Waals surface area contributed by atoms with Crippen LogP contribution in [0.25, 0.3) is 0 Å². The van der Waals surface area contributed by atoms with Gasteiger partial charge < -0.3 is 14.7 Å². The van der Waals surface area contributed by atoms with E-state index in [0.717, 1.165) is 0 Å². The molecule has 15 heavy (non-hydrogen) atoms. The molecule has 5 heteroatoms. The van der Waals surface area contributed by atoms with E-state index < -0.39 is 0 Å².